The van der Waals surface area contributed by atoms with E-state index in [9.17, 15) is 20.0 Å². The standard InChI is InChI=1S/C27H20N2O5/c1-34-26-21(18-11-13-19(14-12-18)29(32)33)15-22(27(30)31)24-20-9-5-6-10-23(20)28(25(24)26)16-17-7-3-2-4-8-17/h2-15H,16H2,1H3,(H,30,31)/p-1. The number of benzene rings is 4. The number of aromatic carboxylic acids is 1. The molecule has 0 N–H and O–H groups in total. The molecule has 0 unspecified atom stereocenters. The van der Waals surface area contributed by atoms with Crippen molar-refractivity contribution in [3.05, 3.63) is 106 Å². The number of para-hydroxylation sites is 1. The molecule has 0 spiro atoms. The number of methoxy groups -OCH3 is 1. The van der Waals surface area contributed by atoms with E-state index in [1.165, 1.54) is 25.3 Å². The lowest BCUT2D eigenvalue weighted by Gasteiger charge is -2.17. The van der Waals surface area contributed by atoms with Crippen LogP contribution in [0.2, 0.25) is 0 Å². The first-order valence-electron chi connectivity index (χ1n) is 10.6. The van der Waals surface area contributed by atoms with Gasteiger partial charge >= 0.3 is 0 Å². The molecule has 0 radical (unpaired) electrons. The third kappa shape index (κ3) is 3.44. The second kappa shape index (κ2) is 8.37. The molecule has 0 aliphatic heterocycles. The molecule has 168 valence electrons. The summed E-state index contributed by atoms with van der Waals surface area (Å²) in [6.07, 6.45) is 0. The number of rotatable bonds is 6. The van der Waals surface area contributed by atoms with Gasteiger partial charge in [0.2, 0.25) is 0 Å². The van der Waals surface area contributed by atoms with E-state index in [-0.39, 0.29) is 11.3 Å². The second-order valence-electron chi connectivity index (χ2n) is 7.91. The molecule has 0 saturated carbocycles. The Morgan fingerprint density at radius 3 is 2.29 bits per heavy atom. The van der Waals surface area contributed by atoms with Crippen LogP contribution in [0, 0.1) is 10.1 Å². The molecule has 5 aromatic rings. The Balaban J connectivity index is 1.88. The van der Waals surface area contributed by atoms with Crippen LogP contribution in [0.15, 0.2) is 84.9 Å². The summed E-state index contributed by atoms with van der Waals surface area (Å²) in [6, 6.07) is 24.9. The summed E-state index contributed by atoms with van der Waals surface area (Å²) in [4.78, 5) is 22.9. The van der Waals surface area contributed by atoms with Gasteiger partial charge in [-0.25, -0.2) is 0 Å². The van der Waals surface area contributed by atoms with Crippen LogP contribution < -0.4 is 9.84 Å². The first-order chi connectivity index (χ1) is 16.5. The predicted molar refractivity (Wildman–Crippen MR) is 128 cm³/mol. The van der Waals surface area contributed by atoms with Crippen molar-refractivity contribution in [3.63, 3.8) is 0 Å². The Morgan fingerprint density at radius 1 is 0.971 bits per heavy atom. The molecule has 0 fully saturated rings. The maximum absolute atomic E-state index is 12.3. The number of non-ortho nitro benzene ring substituents is 1. The fraction of sp³-hybridized carbons (Fsp3) is 0.0741. The number of hydrogen-bond donors (Lipinski definition) is 0. The highest BCUT2D eigenvalue weighted by Crippen LogP contribution is 2.44. The van der Waals surface area contributed by atoms with Gasteiger partial charge in [-0.1, -0.05) is 48.5 Å². The first-order valence-corrected chi connectivity index (χ1v) is 10.6. The number of carboxylic acids is 1. The minimum atomic E-state index is -1.31. The number of hydrogen-bond acceptors (Lipinski definition) is 5. The Hall–Kier alpha value is -4.65. The van der Waals surface area contributed by atoms with E-state index in [1.54, 1.807) is 12.1 Å². The number of nitrogens with zero attached hydrogens (tertiary/aromatic N) is 2. The third-order valence-electron chi connectivity index (χ3n) is 5.99. The third-order valence-corrected chi connectivity index (χ3v) is 5.99. The van der Waals surface area contributed by atoms with Gasteiger partial charge in [-0.2, -0.15) is 0 Å². The highest BCUT2D eigenvalue weighted by atomic mass is 16.6. The molecule has 0 saturated heterocycles. The van der Waals surface area contributed by atoms with Crippen molar-refractivity contribution in [3.8, 4) is 16.9 Å². The zero-order valence-electron chi connectivity index (χ0n) is 18.2. The zero-order valence-corrected chi connectivity index (χ0v) is 18.2. The van der Waals surface area contributed by atoms with Crippen LogP contribution in [-0.2, 0) is 6.54 Å². The molecular formula is C27H19N2O5-. The van der Waals surface area contributed by atoms with Crippen molar-refractivity contribution in [1.82, 2.24) is 4.57 Å². The monoisotopic (exact) mass is 451 g/mol. The van der Waals surface area contributed by atoms with E-state index in [2.05, 4.69) is 0 Å². The normalized spacial score (nSPS) is 11.1. The summed E-state index contributed by atoms with van der Waals surface area (Å²) < 4.78 is 7.91. The topological polar surface area (TPSA) is 97.4 Å². The van der Waals surface area contributed by atoms with Crippen LogP contribution in [0.4, 0.5) is 5.69 Å². The summed E-state index contributed by atoms with van der Waals surface area (Å²) in [5, 5.41) is 24.7. The number of fused-ring (bicyclic) bond motifs is 3. The number of carbonyl (C=O) groups excluding carboxylic acids is 1. The van der Waals surface area contributed by atoms with Gasteiger partial charge in [-0.15, -0.1) is 0 Å². The van der Waals surface area contributed by atoms with Crippen LogP contribution in [-0.4, -0.2) is 22.6 Å². The average Bonchev–Trinajstić information content (AvgIpc) is 3.18. The summed E-state index contributed by atoms with van der Waals surface area (Å²) in [6.45, 7) is 0.497. The minimum Gasteiger partial charge on any atom is -0.545 e. The van der Waals surface area contributed by atoms with E-state index < -0.39 is 10.9 Å². The summed E-state index contributed by atoms with van der Waals surface area (Å²) in [7, 11) is 1.53. The van der Waals surface area contributed by atoms with Crippen molar-refractivity contribution in [2.75, 3.05) is 7.11 Å². The van der Waals surface area contributed by atoms with Crippen LogP contribution in [0.5, 0.6) is 5.75 Å². The van der Waals surface area contributed by atoms with Gasteiger partial charge in [0.25, 0.3) is 5.69 Å². The first kappa shape index (κ1) is 21.2. The smallest absolute Gasteiger partial charge is 0.269 e. The molecule has 7 nitrogen and oxygen atoms in total. The summed E-state index contributed by atoms with van der Waals surface area (Å²) in [5.41, 5.74) is 3.63. The molecule has 0 aliphatic carbocycles. The van der Waals surface area contributed by atoms with E-state index >= 15 is 0 Å². The van der Waals surface area contributed by atoms with Crippen molar-refractivity contribution in [2.45, 2.75) is 6.54 Å². The van der Waals surface area contributed by atoms with Crippen molar-refractivity contribution in [2.24, 2.45) is 0 Å². The largest absolute Gasteiger partial charge is 0.545 e. The SMILES string of the molecule is COc1c(-c2ccc([N+](=O)[O-])cc2)cc(C(=O)[O-])c2c3ccccc3n(Cc3ccccc3)c12. The highest BCUT2D eigenvalue weighted by Gasteiger charge is 2.23. The zero-order chi connectivity index (χ0) is 23.8. The summed E-state index contributed by atoms with van der Waals surface area (Å²) >= 11 is 0. The van der Waals surface area contributed by atoms with Crippen LogP contribution in [0.1, 0.15) is 15.9 Å². The maximum atomic E-state index is 12.3. The Morgan fingerprint density at radius 2 is 1.65 bits per heavy atom. The molecule has 1 aromatic heterocycles. The molecule has 0 bridgehead atoms. The highest BCUT2D eigenvalue weighted by molar-refractivity contribution is 6.19. The lowest BCUT2D eigenvalue weighted by atomic mass is 9.97. The maximum Gasteiger partial charge on any atom is 0.269 e. The molecule has 4 aromatic carbocycles. The van der Waals surface area contributed by atoms with Gasteiger partial charge in [0.1, 0.15) is 0 Å². The van der Waals surface area contributed by atoms with E-state index in [1.807, 2.05) is 59.2 Å². The number of ether oxygens (including phenoxy) is 1. The Labute approximate surface area is 194 Å². The lowest BCUT2D eigenvalue weighted by Crippen LogP contribution is -2.22. The van der Waals surface area contributed by atoms with Crippen molar-refractivity contribution in [1.29, 1.82) is 0 Å². The van der Waals surface area contributed by atoms with Gasteiger partial charge in [-0.3, -0.25) is 10.1 Å². The number of nitro groups is 1. The quantitative estimate of drug-likeness (QED) is 0.273. The molecule has 1 heterocycles. The molecule has 34 heavy (non-hydrogen) atoms. The molecule has 5 rings (SSSR count). The van der Waals surface area contributed by atoms with Crippen LogP contribution in [0.25, 0.3) is 32.9 Å². The Kier molecular flexibility index (Phi) is 5.22. The van der Waals surface area contributed by atoms with E-state index in [0.29, 0.717) is 34.3 Å². The van der Waals surface area contributed by atoms with Crippen molar-refractivity contribution >= 4 is 33.5 Å². The number of nitro benzene ring substituents is 1. The van der Waals surface area contributed by atoms with Gasteiger partial charge in [-0.05, 0) is 35.4 Å². The van der Waals surface area contributed by atoms with Crippen LogP contribution >= 0.6 is 0 Å². The van der Waals surface area contributed by atoms with Crippen LogP contribution in [0.3, 0.4) is 0 Å². The molecular weight excluding hydrogens is 432 g/mol. The molecule has 0 aliphatic rings. The lowest BCUT2D eigenvalue weighted by molar-refractivity contribution is -0.384. The van der Waals surface area contributed by atoms with E-state index in [4.69, 9.17) is 4.74 Å². The fourth-order valence-corrected chi connectivity index (χ4v) is 4.50. The van der Waals surface area contributed by atoms with Gasteiger partial charge in [0, 0.05) is 46.1 Å². The number of carbonyl (C=O) groups is 1. The summed E-state index contributed by atoms with van der Waals surface area (Å²) in [5.74, 6) is -0.820. The second-order valence-corrected chi connectivity index (χ2v) is 7.91. The van der Waals surface area contributed by atoms with Crippen molar-refractivity contribution < 1.29 is 19.6 Å². The molecule has 7 heteroatoms. The fourth-order valence-electron chi connectivity index (χ4n) is 4.50. The Bertz CT molecular complexity index is 1550. The minimum absolute atomic E-state index is 0.0344. The van der Waals surface area contributed by atoms with Gasteiger partial charge < -0.3 is 19.2 Å². The number of carboxylic acid groups (broad SMARTS) is 1. The number of aromatic nitrogens is 1. The van der Waals surface area contributed by atoms with Gasteiger partial charge in [0.15, 0.2) is 5.75 Å². The van der Waals surface area contributed by atoms with Gasteiger partial charge in [0.05, 0.1) is 23.5 Å². The predicted octanol–water partition coefficient (Wildman–Crippen LogP) is 4.79. The van der Waals surface area contributed by atoms with E-state index in [0.717, 1.165) is 16.5 Å². The average molecular weight is 451 g/mol. The molecule has 0 amide bonds. The molecule has 0 atom stereocenters.